The Morgan fingerprint density at radius 2 is 1.97 bits per heavy atom. The Morgan fingerprint density at radius 3 is 2.71 bits per heavy atom. The summed E-state index contributed by atoms with van der Waals surface area (Å²) in [7, 11) is 0. The molecule has 6 heteroatoms. The number of amides is 1. The van der Waals surface area contributed by atoms with Gasteiger partial charge in [0.25, 0.3) is 0 Å². The number of ether oxygens (including phenoxy) is 2. The van der Waals surface area contributed by atoms with Crippen LogP contribution in [0.25, 0.3) is 0 Å². The monoisotopic (exact) mass is 419 g/mol. The van der Waals surface area contributed by atoms with E-state index in [2.05, 4.69) is 11.9 Å². The number of allylic oxidation sites excluding steroid dienone is 1. The van der Waals surface area contributed by atoms with Crippen molar-refractivity contribution in [3.05, 3.63) is 71.8 Å². The fourth-order valence-corrected chi connectivity index (χ4v) is 4.61. The van der Waals surface area contributed by atoms with Gasteiger partial charge in [-0.2, -0.15) is 0 Å². The molecule has 0 bridgehead atoms. The summed E-state index contributed by atoms with van der Waals surface area (Å²) in [6.07, 6.45) is 2.31. The van der Waals surface area contributed by atoms with Crippen LogP contribution in [-0.2, 0) is 32.0 Å². The van der Waals surface area contributed by atoms with Gasteiger partial charge in [-0.25, -0.2) is 0 Å². The van der Waals surface area contributed by atoms with Gasteiger partial charge in [-0.3, -0.25) is 14.4 Å². The van der Waals surface area contributed by atoms with E-state index in [1.54, 1.807) is 18.2 Å². The van der Waals surface area contributed by atoms with Crippen LogP contribution in [0, 0.1) is 11.3 Å². The Morgan fingerprint density at radius 1 is 1.19 bits per heavy atom. The highest BCUT2D eigenvalue weighted by molar-refractivity contribution is 5.92. The summed E-state index contributed by atoms with van der Waals surface area (Å²) in [6.45, 7) is 5.89. The zero-order valence-electron chi connectivity index (χ0n) is 17.5. The quantitative estimate of drug-likeness (QED) is 0.437. The van der Waals surface area contributed by atoms with Crippen molar-refractivity contribution in [2.24, 2.45) is 11.3 Å². The summed E-state index contributed by atoms with van der Waals surface area (Å²) in [5, 5.41) is 2.88. The third kappa shape index (κ3) is 4.53. The van der Waals surface area contributed by atoms with Crippen LogP contribution in [0.5, 0.6) is 5.75 Å². The Bertz CT molecular complexity index is 1040. The van der Waals surface area contributed by atoms with E-state index in [1.165, 1.54) is 6.92 Å². The molecule has 0 aromatic heterocycles. The van der Waals surface area contributed by atoms with Crippen LogP contribution in [0.15, 0.2) is 60.7 Å². The van der Waals surface area contributed by atoms with Crippen LogP contribution in [0.3, 0.4) is 0 Å². The number of esters is 2. The Hall–Kier alpha value is -3.41. The zero-order valence-corrected chi connectivity index (χ0v) is 17.5. The van der Waals surface area contributed by atoms with Crippen LogP contribution in [0.2, 0.25) is 0 Å². The molecule has 2 aromatic carbocycles. The molecule has 2 aliphatic rings. The number of carbonyl (C=O) groups is 3. The molecule has 1 saturated carbocycles. The van der Waals surface area contributed by atoms with Crippen LogP contribution in [0.4, 0.5) is 5.69 Å². The lowest BCUT2D eigenvalue weighted by Gasteiger charge is -2.24. The summed E-state index contributed by atoms with van der Waals surface area (Å²) in [5.41, 5.74) is 3.09. The average Bonchev–Trinajstić information content (AvgIpc) is 3.17. The number of hydrogen-bond acceptors (Lipinski definition) is 5. The molecule has 4 rings (SSSR count). The molecule has 1 aliphatic carbocycles. The first-order valence-electron chi connectivity index (χ1n) is 10.3. The van der Waals surface area contributed by atoms with E-state index in [-0.39, 0.29) is 24.2 Å². The lowest BCUT2D eigenvalue weighted by atomic mass is 9.75. The third-order valence-corrected chi connectivity index (χ3v) is 5.99. The maximum absolute atomic E-state index is 12.4. The topological polar surface area (TPSA) is 81.7 Å². The minimum atomic E-state index is -0.491. The number of nitrogens with one attached hydrogen (secondary N) is 1. The number of cyclic esters (lactones) is 1. The van der Waals surface area contributed by atoms with Crippen molar-refractivity contribution >= 4 is 23.5 Å². The van der Waals surface area contributed by atoms with Gasteiger partial charge < -0.3 is 14.8 Å². The molecule has 160 valence electrons. The summed E-state index contributed by atoms with van der Waals surface area (Å²) < 4.78 is 10.4. The second-order valence-electron chi connectivity index (χ2n) is 8.42. The molecule has 0 spiro atoms. The lowest BCUT2D eigenvalue weighted by Crippen LogP contribution is -2.31. The summed E-state index contributed by atoms with van der Waals surface area (Å²) in [4.78, 5) is 36.0. The summed E-state index contributed by atoms with van der Waals surface area (Å²) >= 11 is 0. The Balaban J connectivity index is 1.38. The molecular weight excluding hydrogens is 394 g/mol. The van der Waals surface area contributed by atoms with E-state index in [0.29, 0.717) is 30.9 Å². The molecule has 1 aliphatic heterocycles. The van der Waals surface area contributed by atoms with Crippen LogP contribution < -0.4 is 10.1 Å². The Labute approximate surface area is 181 Å². The third-order valence-electron chi connectivity index (χ3n) is 5.99. The van der Waals surface area contributed by atoms with Gasteiger partial charge in [0.2, 0.25) is 5.91 Å². The molecule has 1 N–H and O–H groups in total. The van der Waals surface area contributed by atoms with Crippen LogP contribution in [-0.4, -0.2) is 24.5 Å². The number of anilines is 1. The van der Waals surface area contributed by atoms with Crippen molar-refractivity contribution in [1.29, 1.82) is 0 Å². The highest BCUT2D eigenvalue weighted by Crippen LogP contribution is 2.52. The van der Waals surface area contributed by atoms with Crippen molar-refractivity contribution in [1.82, 2.24) is 0 Å². The standard InChI is InChI=1S/C25H25NO5/c1-16-10-20-15-30-24(29)25(20,13-16)14-18-6-8-21(9-7-18)26-23(28)12-19-4-3-5-22(11-19)31-17(2)27/h3-9,11,20H,1,10,12-15H2,2H3,(H,26,28)/t20-,25+/m1/s1. The van der Waals surface area contributed by atoms with E-state index >= 15 is 0 Å². The normalized spacial score (nSPS) is 22.0. The molecule has 0 radical (unpaired) electrons. The smallest absolute Gasteiger partial charge is 0.313 e. The Kier molecular flexibility index (Phi) is 5.63. The number of fused-ring (bicyclic) bond motifs is 1. The fraction of sp³-hybridized carbons (Fsp3) is 0.320. The van der Waals surface area contributed by atoms with Crippen molar-refractivity contribution in [3.8, 4) is 5.75 Å². The first-order valence-corrected chi connectivity index (χ1v) is 10.3. The van der Waals surface area contributed by atoms with E-state index < -0.39 is 11.4 Å². The zero-order chi connectivity index (χ0) is 22.0. The number of rotatable bonds is 6. The largest absolute Gasteiger partial charge is 0.465 e. The predicted molar refractivity (Wildman–Crippen MR) is 115 cm³/mol. The van der Waals surface area contributed by atoms with Crippen molar-refractivity contribution in [2.75, 3.05) is 11.9 Å². The predicted octanol–water partition coefficient (Wildman–Crippen LogP) is 3.85. The van der Waals surface area contributed by atoms with Crippen molar-refractivity contribution < 1.29 is 23.9 Å². The number of carbonyl (C=O) groups excluding carboxylic acids is 3. The molecule has 2 atom stereocenters. The van der Waals surface area contributed by atoms with Crippen LogP contribution in [0.1, 0.15) is 30.9 Å². The molecule has 2 fully saturated rings. The second-order valence-corrected chi connectivity index (χ2v) is 8.42. The first kappa shape index (κ1) is 20.8. The molecule has 0 unspecified atom stereocenters. The van der Waals surface area contributed by atoms with Gasteiger partial charge in [0, 0.05) is 18.5 Å². The SMILES string of the molecule is C=C1C[C@@H]2COC(=O)[C@]2(Cc2ccc(NC(=O)Cc3cccc(OC(C)=O)c3)cc2)C1. The lowest BCUT2D eigenvalue weighted by molar-refractivity contribution is -0.146. The fourth-order valence-electron chi connectivity index (χ4n) is 4.61. The van der Waals surface area contributed by atoms with Crippen molar-refractivity contribution in [3.63, 3.8) is 0 Å². The molecule has 1 saturated heterocycles. The van der Waals surface area contributed by atoms with E-state index in [0.717, 1.165) is 23.1 Å². The van der Waals surface area contributed by atoms with E-state index in [9.17, 15) is 14.4 Å². The minimum absolute atomic E-state index is 0.121. The minimum Gasteiger partial charge on any atom is -0.465 e. The van der Waals surface area contributed by atoms with Gasteiger partial charge in [-0.15, -0.1) is 0 Å². The highest BCUT2D eigenvalue weighted by atomic mass is 16.5. The number of hydrogen-bond donors (Lipinski definition) is 1. The van der Waals surface area contributed by atoms with Crippen LogP contribution >= 0.6 is 0 Å². The van der Waals surface area contributed by atoms with Gasteiger partial charge in [-0.1, -0.05) is 36.4 Å². The summed E-state index contributed by atoms with van der Waals surface area (Å²) in [6, 6.07) is 14.5. The molecule has 1 heterocycles. The maximum Gasteiger partial charge on any atom is 0.313 e. The van der Waals surface area contributed by atoms with Gasteiger partial charge in [0.15, 0.2) is 0 Å². The molecule has 6 nitrogen and oxygen atoms in total. The van der Waals surface area contributed by atoms with E-state index in [1.807, 2.05) is 30.3 Å². The second kappa shape index (κ2) is 8.38. The summed E-state index contributed by atoms with van der Waals surface area (Å²) in [5.74, 6) is -0.0721. The molecule has 2 aromatic rings. The molecule has 1 amide bonds. The molecule has 31 heavy (non-hydrogen) atoms. The molecular formula is C25H25NO5. The van der Waals surface area contributed by atoms with E-state index in [4.69, 9.17) is 9.47 Å². The van der Waals surface area contributed by atoms with Gasteiger partial charge in [-0.05, 0) is 54.7 Å². The first-order chi connectivity index (χ1) is 14.8. The maximum atomic E-state index is 12.4. The highest BCUT2D eigenvalue weighted by Gasteiger charge is 2.55. The average molecular weight is 419 g/mol. The van der Waals surface area contributed by atoms with Gasteiger partial charge >= 0.3 is 11.9 Å². The van der Waals surface area contributed by atoms with Gasteiger partial charge in [0.1, 0.15) is 5.75 Å². The van der Waals surface area contributed by atoms with Crippen molar-refractivity contribution in [2.45, 2.75) is 32.6 Å². The number of benzene rings is 2. The van der Waals surface area contributed by atoms with Gasteiger partial charge in [0.05, 0.1) is 18.4 Å².